The normalized spacial score (nSPS) is 14.9. The lowest BCUT2D eigenvalue weighted by molar-refractivity contribution is -0.142. The van der Waals surface area contributed by atoms with Gasteiger partial charge in [-0.3, -0.25) is 9.79 Å². The van der Waals surface area contributed by atoms with Crippen LogP contribution < -0.4 is 0 Å². The first-order valence-corrected chi connectivity index (χ1v) is 8.05. The summed E-state index contributed by atoms with van der Waals surface area (Å²) in [5.41, 5.74) is 0.732. The summed E-state index contributed by atoms with van der Waals surface area (Å²) in [5.74, 6) is -0.316. The molecule has 0 saturated heterocycles. The number of ether oxygens (including phenoxy) is 1. The molecule has 0 saturated carbocycles. The Morgan fingerprint density at radius 2 is 2.00 bits per heavy atom. The zero-order chi connectivity index (χ0) is 14.6. The van der Waals surface area contributed by atoms with E-state index in [9.17, 15) is 13.2 Å². The van der Waals surface area contributed by atoms with Crippen LogP contribution in [0.2, 0.25) is 0 Å². The van der Waals surface area contributed by atoms with Gasteiger partial charge in [0.15, 0.2) is 0 Å². The summed E-state index contributed by atoms with van der Waals surface area (Å²) in [6, 6.07) is 6.31. The average molecular weight is 295 g/mol. The first kappa shape index (κ1) is 14.7. The van der Waals surface area contributed by atoms with Crippen LogP contribution in [0.1, 0.15) is 25.3 Å². The predicted octanol–water partition coefficient (Wildman–Crippen LogP) is 1.76. The van der Waals surface area contributed by atoms with Crippen LogP contribution in [0, 0.1) is 0 Å². The molecule has 108 valence electrons. The van der Waals surface area contributed by atoms with E-state index in [2.05, 4.69) is 4.99 Å². The molecule has 2 rings (SSSR count). The molecule has 6 heteroatoms. The Balaban J connectivity index is 2.14. The summed E-state index contributed by atoms with van der Waals surface area (Å²) in [4.78, 5) is 15.6. The summed E-state index contributed by atoms with van der Waals surface area (Å²) in [7, 11) is -3.46. The van der Waals surface area contributed by atoms with Crippen molar-refractivity contribution in [1.82, 2.24) is 0 Å². The number of rotatable bonds is 4. The molecule has 0 fully saturated rings. The van der Waals surface area contributed by atoms with Crippen molar-refractivity contribution in [1.29, 1.82) is 0 Å². The van der Waals surface area contributed by atoms with Gasteiger partial charge in [-0.25, -0.2) is 8.42 Å². The van der Waals surface area contributed by atoms with E-state index in [0.717, 1.165) is 12.0 Å². The molecule has 0 radical (unpaired) electrons. The lowest BCUT2D eigenvalue weighted by atomic mass is 10.1. The van der Waals surface area contributed by atoms with Crippen molar-refractivity contribution >= 4 is 20.9 Å². The van der Waals surface area contributed by atoms with Crippen molar-refractivity contribution < 1.29 is 17.9 Å². The van der Waals surface area contributed by atoms with E-state index >= 15 is 0 Å². The van der Waals surface area contributed by atoms with Crippen LogP contribution in [-0.4, -0.2) is 32.6 Å². The second-order valence-electron chi connectivity index (χ2n) is 4.51. The molecule has 0 amide bonds. The zero-order valence-electron chi connectivity index (χ0n) is 11.3. The number of benzene rings is 1. The third kappa shape index (κ3) is 3.25. The summed E-state index contributed by atoms with van der Waals surface area (Å²) in [5, 5.41) is 0.260. The Morgan fingerprint density at radius 1 is 1.30 bits per heavy atom. The SMILES string of the molecule is CCOC(=O)Cc1ccc(S(=O)(=O)C2=NCCC2)cc1. The highest BCUT2D eigenvalue weighted by molar-refractivity contribution is 8.06. The van der Waals surface area contributed by atoms with E-state index in [1.165, 1.54) is 12.1 Å². The molecule has 1 heterocycles. The smallest absolute Gasteiger partial charge is 0.310 e. The maximum Gasteiger partial charge on any atom is 0.310 e. The largest absolute Gasteiger partial charge is 0.466 e. The van der Waals surface area contributed by atoms with E-state index < -0.39 is 9.84 Å². The van der Waals surface area contributed by atoms with E-state index in [1.54, 1.807) is 19.1 Å². The number of carbonyl (C=O) groups excluding carboxylic acids is 1. The van der Waals surface area contributed by atoms with E-state index in [0.29, 0.717) is 19.6 Å². The Hall–Kier alpha value is -1.69. The molecule has 0 spiro atoms. The standard InChI is InChI=1S/C14H17NO4S/c1-2-19-14(16)10-11-5-7-12(8-6-11)20(17,18)13-4-3-9-15-13/h5-8H,2-4,9-10H2,1H3. The Bertz CT molecular complexity index is 617. The van der Waals surface area contributed by atoms with Gasteiger partial charge in [-0.15, -0.1) is 0 Å². The molecule has 5 nitrogen and oxygen atoms in total. The molecule has 1 aromatic rings. The molecular weight excluding hydrogens is 278 g/mol. The molecule has 0 bridgehead atoms. The molecule has 1 aromatic carbocycles. The van der Waals surface area contributed by atoms with Crippen molar-refractivity contribution in [2.24, 2.45) is 4.99 Å². The van der Waals surface area contributed by atoms with Gasteiger partial charge in [0.25, 0.3) is 0 Å². The van der Waals surface area contributed by atoms with E-state index in [-0.39, 0.29) is 22.3 Å². The highest BCUT2D eigenvalue weighted by Gasteiger charge is 2.24. The minimum Gasteiger partial charge on any atom is -0.466 e. The van der Waals surface area contributed by atoms with Crippen molar-refractivity contribution in [3.05, 3.63) is 29.8 Å². The van der Waals surface area contributed by atoms with Crippen molar-refractivity contribution in [2.75, 3.05) is 13.2 Å². The molecule has 0 N–H and O–H groups in total. The van der Waals surface area contributed by atoms with Crippen molar-refractivity contribution in [3.63, 3.8) is 0 Å². The summed E-state index contributed by atoms with van der Waals surface area (Å²) >= 11 is 0. The maximum absolute atomic E-state index is 12.2. The number of hydrogen-bond acceptors (Lipinski definition) is 5. The van der Waals surface area contributed by atoms with Gasteiger partial charge in [0, 0.05) is 13.0 Å². The molecule has 0 unspecified atom stereocenters. The quantitative estimate of drug-likeness (QED) is 0.793. The first-order chi connectivity index (χ1) is 9.54. The number of hydrogen-bond donors (Lipinski definition) is 0. The average Bonchev–Trinajstić information content (AvgIpc) is 2.94. The van der Waals surface area contributed by atoms with Gasteiger partial charge in [0.1, 0.15) is 5.04 Å². The third-order valence-corrected chi connectivity index (χ3v) is 4.88. The number of carbonyl (C=O) groups is 1. The Morgan fingerprint density at radius 3 is 2.55 bits per heavy atom. The number of nitrogens with zero attached hydrogens (tertiary/aromatic N) is 1. The fourth-order valence-electron chi connectivity index (χ4n) is 2.03. The molecule has 0 atom stereocenters. The van der Waals surface area contributed by atoms with Crippen LogP contribution in [0.4, 0.5) is 0 Å². The molecule has 1 aliphatic heterocycles. The molecule has 0 aromatic heterocycles. The lowest BCUT2D eigenvalue weighted by Crippen LogP contribution is -2.13. The fraction of sp³-hybridized carbons (Fsp3) is 0.429. The summed E-state index contributed by atoms with van der Waals surface area (Å²) < 4.78 is 29.3. The molecular formula is C14H17NO4S. The Kier molecular flexibility index (Phi) is 4.54. The van der Waals surface area contributed by atoms with Gasteiger partial charge >= 0.3 is 5.97 Å². The van der Waals surface area contributed by atoms with Gasteiger partial charge in [-0.05, 0) is 31.0 Å². The second kappa shape index (κ2) is 6.17. The van der Waals surface area contributed by atoms with Gasteiger partial charge in [-0.1, -0.05) is 12.1 Å². The summed E-state index contributed by atoms with van der Waals surface area (Å²) in [6.07, 6.45) is 1.44. The number of sulfone groups is 1. The second-order valence-corrected chi connectivity index (χ2v) is 6.46. The van der Waals surface area contributed by atoms with Crippen LogP contribution in [0.3, 0.4) is 0 Å². The van der Waals surface area contributed by atoms with Gasteiger partial charge in [-0.2, -0.15) is 0 Å². The Labute approximate surface area is 118 Å². The van der Waals surface area contributed by atoms with Crippen LogP contribution in [-0.2, 0) is 25.8 Å². The molecule has 0 aliphatic carbocycles. The van der Waals surface area contributed by atoms with E-state index in [4.69, 9.17) is 4.74 Å². The van der Waals surface area contributed by atoms with Crippen LogP contribution in [0.25, 0.3) is 0 Å². The fourth-order valence-corrected chi connectivity index (χ4v) is 3.47. The first-order valence-electron chi connectivity index (χ1n) is 6.57. The minimum atomic E-state index is -3.46. The van der Waals surface area contributed by atoms with Crippen LogP contribution >= 0.6 is 0 Å². The molecule has 20 heavy (non-hydrogen) atoms. The van der Waals surface area contributed by atoms with E-state index in [1.807, 2.05) is 0 Å². The van der Waals surface area contributed by atoms with Gasteiger partial charge in [0.2, 0.25) is 9.84 Å². The number of esters is 1. The van der Waals surface area contributed by atoms with Crippen molar-refractivity contribution in [2.45, 2.75) is 31.1 Å². The van der Waals surface area contributed by atoms with Gasteiger partial charge in [0.05, 0.1) is 17.9 Å². The monoisotopic (exact) mass is 295 g/mol. The highest BCUT2D eigenvalue weighted by atomic mass is 32.2. The number of aliphatic imine (C=N–C) groups is 1. The van der Waals surface area contributed by atoms with Crippen LogP contribution in [0.5, 0.6) is 0 Å². The third-order valence-electron chi connectivity index (χ3n) is 3.03. The maximum atomic E-state index is 12.2. The summed E-state index contributed by atoms with van der Waals surface area (Å²) in [6.45, 7) is 2.66. The lowest BCUT2D eigenvalue weighted by Gasteiger charge is -2.06. The predicted molar refractivity (Wildman–Crippen MR) is 75.5 cm³/mol. The zero-order valence-corrected chi connectivity index (χ0v) is 12.1. The molecule has 1 aliphatic rings. The minimum absolute atomic E-state index is 0.148. The van der Waals surface area contributed by atoms with Gasteiger partial charge < -0.3 is 4.74 Å². The topological polar surface area (TPSA) is 72.8 Å². The van der Waals surface area contributed by atoms with Crippen LogP contribution in [0.15, 0.2) is 34.2 Å². The highest BCUT2D eigenvalue weighted by Crippen LogP contribution is 2.19. The van der Waals surface area contributed by atoms with Crippen molar-refractivity contribution in [3.8, 4) is 0 Å².